The van der Waals surface area contributed by atoms with Crippen LogP contribution in [0.25, 0.3) is 22.3 Å². The average molecular weight is 198 g/mol. The van der Waals surface area contributed by atoms with Crippen molar-refractivity contribution in [3.8, 4) is 11.3 Å². The molecule has 74 valence electrons. The van der Waals surface area contributed by atoms with Crippen molar-refractivity contribution in [2.45, 2.75) is 0 Å². The van der Waals surface area contributed by atoms with Gasteiger partial charge in [0.05, 0.1) is 18.2 Å². The lowest BCUT2D eigenvalue weighted by atomic mass is 10.1. The molecular formula is C11H10N4. The molecular weight excluding hydrogens is 188 g/mol. The second-order valence-corrected chi connectivity index (χ2v) is 3.49. The van der Waals surface area contributed by atoms with E-state index < -0.39 is 0 Å². The summed E-state index contributed by atoms with van der Waals surface area (Å²) in [4.78, 5) is 11.5. The molecule has 4 nitrogen and oxygen atoms in total. The van der Waals surface area contributed by atoms with Gasteiger partial charge in [0.2, 0.25) is 0 Å². The molecule has 1 N–H and O–H groups in total. The molecule has 3 heterocycles. The fourth-order valence-corrected chi connectivity index (χ4v) is 1.80. The molecule has 0 amide bonds. The number of nitrogens with one attached hydrogen (secondary N) is 1. The van der Waals surface area contributed by atoms with E-state index in [0.717, 1.165) is 22.3 Å². The molecule has 3 aromatic heterocycles. The second kappa shape index (κ2) is 2.95. The van der Waals surface area contributed by atoms with Crippen molar-refractivity contribution in [1.29, 1.82) is 0 Å². The van der Waals surface area contributed by atoms with Crippen molar-refractivity contribution in [2.24, 2.45) is 7.05 Å². The molecule has 0 saturated heterocycles. The highest BCUT2D eigenvalue weighted by Crippen LogP contribution is 2.25. The normalized spacial score (nSPS) is 11.0. The number of aromatic nitrogens is 4. The van der Waals surface area contributed by atoms with E-state index >= 15 is 0 Å². The summed E-state index contributed by atoms with van der Waals surface area (Å²) in [6, 6.07) is 4.04. The predicted molar refractivity (Wildman–Crippen MR) is 58.3 cm³/mol. The Morgan fingerprint density at radius 1 is 1.33 bits per heavy atom. The number of imidazole rings is 1. The van der Waals surface area contributed by atoms with Gasteiger partial charge in [-0.05, 0) is 12.1 Å². The molecule has 0 bridgehead atoms. The first-order valence-corrected chi connectivity index (χ1v) is 4.75. The van der Waals surface area contributed by atoms with Crippen LogP contribution in [0.2, 0.25) is 0 Å². The number of aryl methyl sites for hydroxylation is 1. The Morgan fingerprint density at radius 3 is 3.07 bits per heavy atom. The first-order chi connectivity index (χ1) is 7.36. The lowest BCUT2D eigenvalue weighted by Gasteiger charge is -2.03. The number of hydrogen-bond donors (Lipinski definition) is 1. The maximum absolute atomic E-state index is 4.26. The minimum atomic E-state index is 0.911. The van der Waals surface area contributed by atoms with Gasteiger partial charge in [-0.15, -0.1) is 0 Å². The first-order valence-electron chi connectivity index (χ1n) is 4.75. The number of fused-ring (bicyclic) bond motifs is 1. The van der Waals surface area contributed by atoms with E-state index in [0.29, 0.717) is 0 Å². The van der Waals surface area contributed by atoms with Crippen LogP contribution in [0.5, 0.6) is 0 Å². The van der Waals surface area contributed by atoms with E-state index in [2.05, 4.69) is 15.0 Å². The molecule has 0 aliphatic rings. The fourth-order valence-electron chi connectivity index (χ4n) is 1.80. The van der Waals surface area contributed by atoms with Crippen LogP contribution in [-0.2, 0) is 7.05 Å². The Balaban J connectivity index is 2.36. The van der Waals surface area contributed by atoms with Gasteiger partial charge in [-0.1, -0.05) is 0 Å². The van der Waals surface area contributed by atoms with Crippen LogP contribution in [0.4, 0.5) is 0 Å². The quantitative estimate of drug-likeness (QED) is 0.649. The summed E-state index contributed by atoms with van der Waals surface area (Å²) in [5, 5.41) is 1.13. The fraction of sp³-hybridized carbons (Fsp3) is 0.0909. The summed E-state index contributed by atoms with van der Waals surface area (Å²) in [6.45, 7) is 0. The molecule has 0 aliphatic carbocycles. The lowest BCUT2D eigenvalue weighted by molar-refractivity contribution is 0.922. The van der Waals surface area contributed by atoms with E-state index in [9.17, 15) is 0 Å². The molecule has 0 aromatic carbocycles. The molecule has 0 unspecified atom stereocenters. The van der Waals surface area contributed by atoms with Crippen molar-refractivity contribution >= 4 is 11.0 Å². The maximum atomic E-state index is 4.26. The largest absolute Gasteiger partial charge is 0.346 e. The molecule has 0 spiro atoms. The smallest absolute Gasteiger partial charge is 0.137 e. The van der Waals surface area contributed by atoms with E-state index in [1.807, 2.05) is 36.1 Å². The van der Waals surface area contributed by atoms with Crippen LogP contribution < -0.4 is 0 Å². The highest BCUT2D eigenvalue weighted by molar-refractivity contribution is 5.91. The van der Waals surface area contributed by atoms with Gasteiger partial charge in [-0.25, -0.2) is 9.97 Å². The molecule has 0 atom stereocenters. The summed E-state index contributed by atoms with van der Waals surface area (Å²) in [5.74, 6) is 0. The molecule has 0 fully saturated rings. The minimum absolute atomic E-state index is 0.911. The number of pyridine rings is 1. The van der Waals surface area contributed by atoms with Gasteiger partial charge in [-0.3, -0.25) is 0 Å². The summed E-state index contributed by atoms with van der Waals surface area (Å²) in [7, 11) is 1.99. The SMILES string of the molecule is Cn1cncc1-c1ccnc2[nH]ccc12. The maximum Gasteiger partial charge on any atom is 0.137 e. The molecule has 4 heteroatoms. The number of aromatic amines is 1. The zero-order valence-electron chi connectivity index (χ0n) is 8.31. The first kappa shape index (κ1) is 8.23. The van der Waals surface area contributed by atoms with Crippen LogP contribution in [0.1, 0.15) is 0 Å². The highest BCUT2D eigenvalue weighted by atomic mass is 15.0. The van der Waals surface area contributed by atoms with Gasteiger partial charge in [0.1, 0.15) is 5.65 Å². The Bertz CT molecular complexity index is 606. The summed E-state index contributed by atoms with van der Waals surface area (Å²) in [5.41, 5.74) is 3.16. The number of nitrogens with zero attached hydrogens (tertiary/aromatic N) is 3. The van der Waals surface area contributed by atoms with Crippen LogP contribution in [0.15, 0.2) is 37.1 Å². The molecule has 3 aromatic rings. The van der Waals surface area contributed by atoms with Crippen molar-refractivity contribution in [3.05, 3.63) is 37.1 Å². The van der Waals surface area contributed by atoms with Crippen molar-refractivity contribution in [3.63, 3.8) is 0 Å². The van der Waals surface area contributed by atoms with Crippen molar-refractivity contribution in [2.75, 3.05) is 0 Å². The van der Waals surface area contributed by atoms with Gasteiger partial charge >= 0.3 is 0 Å². The molecule has 3 rings (SSSR count). The van der Waals surface area contributed by atoms with Crippen molar-refractivity contribution in [1.82, 2.24) is 19.5 Å². The Kier molecular flexibility index (Phi) is 1.62. The Labute approximate surface area is 86.6 Å². The number of rotatable bonds is 1. The zero-order chi connectivity index (χ0) is 10.3. The molecule has 0 saturated carbocycles. The van der Waals surface area contributed by atoms with E-state index in [-0.39, 0.29) is 0 Å². The van der Waals surface area contributed by atoms with Gasteiger partial charge in [0.15, 0.2) is 0 Å². The minimum Gasteiger partial charge on any atom is -0.346 e. The number of H-pyrrole nitrogens is 1. The van der Waals surface area contributed by atoms with E-state index in [1.54, 1.807) is 12.5 Å². The van der Waals surface area contributed by atoms with Crippen LogP contribution in [-0.4, -0.2) is 19.5 Å². The molecule has 0 radical (unpaired) electrons. The van der Waals surface area contributed by atoms with Gasteiger partial charge in [0, 0.05) is 30.4 Å². The van der Waals surface area contributed by atoms with E-state index in [4.69, 9.17) is 0 Å². The third-order valence-corrected chi connectivity index (χ3v) is 2.55. The standard InChI is InChI=1S/C11H10N4/c1-15-7-12-6-10(15)8-2-4-13-11-9(8)3-5-14-11/h2-7H,1H3,(H,13,14). The highest BCUT2D eigenvalue weighted by Gasteiger charge is 2.07. The van der Waals surface area contributed by atoms with Gasteiger partial charge in [-0.2, -0.15) is 0 Å². The zero-order valence-corrected chi connectivity index (χ0v) is 8.31. The number of hydrogen-bond acceptors (Lipinski definition) is 2. The van der Waals surface area contributed by atoms with E-state index in [1.165, 1.54) is 0 Å². The van der Waals surface area contributed by atoms with Crippen LogP contribution >= 0.6 is 0 Å². The Hall–Kier alpha value is -2.10. The van der Waals surface area contributed by atoms with Gasteiger partial charge in [0.25, 0.3) is 0 Å². The third-order valence-electron chi connectivity index (χ3n) is 2.55. The molecule has 15 heavy (non-hydrogen) atoms. The molecule has 0 aliphatic heterocycles. The third kappa shape index (κ3) is 1.15. The second-order valence-electron chi connectivity index (χ2n) is 3.49. The summed E-state index contributed by atoms with van der Waals surface area (Å²) < 4.78 is 2.00. The Morgan fingerprint density at radius 2 is 2.27 bits per heavy atom. The lowest BCUT2D eigenvalue weighted by Crippen LogP contribution is -1.90. The average Bonchev–Trinajstić information content (AvgIpc) is 2.85. The topological polar surface area (TPSA) is 46.5 Å². The van der Waals surface area contributed by atoms with Crippen LogP contribution in [0, 0.1) is 0 Å². The van der Waals surface area contributed by atoms with Gasteiger partial charge < -0.3 is 9.55 Å². The van der Waals surface area contributed by atoms with Crippen molar-refractivity contribution < 1.29 is 0 Å². The summed E-state index contributed by atoms with van der Waals surface area (Å²) in [6.07, 6.45) is 7.37. The van der Waals surface area contributed by atoms with Crippen LogP contribution in [0.3, 0.4) is 0 Å². The monoisotopic (exact) mass is 198 g/mol. The summed E-state index contributed by atoms with van der Waals surface area (Å²) >= 11 is 0. The predicted octanol–water partition coefficient (Wildman–Crippen LogP) is 1.96.